The summed E-state index contributed by atoms with van der Waals surface area (Å²) < 4.78 is 6.86. The number of benzene rings is 1. The zero-order chi connectivity index (χ0) is 13.1. The highest BCUT2D eigenvalue weighted by Crippen LogP contribution is 2.18. The number of nitrogens with zero attached hydrogens (tertiary/aromatic N) is 2. The Kier molecular flexibility index (Phi) is 3.18. The molecule has 2 N–H and O–H groups in total. The second kappa shape index (κ2) is 4.79. The minimum Gasteiger partial charge on any atom is -0.508 e. The number of phenols is 1. The number of aromatic carboxylic acids is 1. The number of rotatable bonds is 4. The van der Waals surface area contributed by atoms with Gasteiger partial charge < -0.3 is 19.5 Å². The van der Waals surface area contributed by atoms with Crippen LogP contribution in [0.4, 0.5) is 0 Å². The molecule has 2 rings (SSSR count). The molecule has 0 radical (unpaired) electrons. The molecule has 1 aromatic heterocycles. The van der Waals surface area contributed by atoms with Gasteiger partial charge in [0, 0.05) is 13.1 Å². The first-order valence-corrected chi connectivity index (χ1v) is 5.23. The Morgan fingerprint density at radius 2 is 2.28 bits per heavy atom. The lowest BCUT2D eigenvalue weighted by atomic mass is 10.3. The lowest BCUT2D eigenvalue weighted by Crippen LogP contribution is -2.09. The normalized spacial score (nSPS) is 10.3. The fraction of sp³-hybridized carbons (Fsp3) is 0.167. The number of imidazole rings is 1. The average Bonchev–Trinajstić information content (AvgIpc) is 2.68. The molecule has 0 aliphatic carbocycles. The van der Waals surface area contributed by atoms with E-state index in [0.29, 0.717) is 11.6 Å². The zero-order valence-corrected chi connectivity index (χ0v) is 9.70. The van der Waals surface area contributed by atoms with Crippen LogP contribution in [0.5, 0.6) is 11.5 Å². The van der Waals surface area contributed by atoms with Gasteiger partial charge in [-0.3, -0.25) is 0 Å². The average molecular weight is 248 g/mol. The fourth-order valence-electron chi connectivity index (χ4n) is 1.50. The van der Waals surface area contributed by atoms with Gasteiger partial charge in [-0.2, -0.15) is 0 Å². The van der Waals surface area contributed by atoms with Gasteiger partial charge in [-0.05, 0) is 12.1 Å². The number of carbonyl (C=O) groups is 1. The molecule has 0 unspecified atom stereocenters. The highest BCUT2D eigenvalue weighted by molar-refractivity contribution is 5.85. The van der Waals surface area contributed by atoms with Crippen LogP contribution in [0.1, 0.15) is 16.3 Å². The van der Waals surface area contributed by atoms with Crippen LogP contribution in [0.2, 0.25) is 0 Å². The van der Waals surface area contributed by atoms with Crippen molar-refractivity contribution in [3.05, 3.63) is 42.0 Å². The van der Waals surface area contributed by atoms with Crippen LogP contribution in [0.3, 0.4) is 0 Å². The molecule has 0 aliphatic rings. The van der Waals surface area contributed by atoms with E-state index in [9.17, 15) is 9.90 Å². The number of hydrogen-bond acceptors (Lipinski definition) is 4. The van der Waals surface area contributed by atoms with Crippen LogP contribution in [0.15, 0.2) is 30.5 Å². The number of ether oxygens (including phenoxy) is 1. The van der Waals surface area contributed by atoms with Crippen molar-refractivity contribution >= 4 is 5.97 Å². The largest absolute Gasteiger partial charge is 0.508 e. The van der Waals surface area contributed by atoms with Crippen molar-refractivity contribution in [2.75, 3.05) is 0 Å². The van der Waals surface area contributed by atoms with Crippen LogP contribution in [0, 0.1) is 0 Å². The Bertz CT molecular complexity index is 577. The van der Waals surface area contributed by atoms with Gasteiger partial charge in [0.05, 0.1) is 6.20 Å². The molecule has 2 aromatic rings. The van der Waals surface area contributed by atoms with Gasteiger partial charge in [0.1, 0.15) is 29.6 Å². The summed E-state index contributed by atoms with van der Waals surface area (Å²) in [5.41, 5.74) is 0.101. The highest BCUT2D eigenvalue weighted by Gasteiger charge is 2.12. The number of carboxylic acid groups (broad SMARTS) is 1. The molecule has 94 valence electrons. The van der Waals surface area contributed by atoms with Crippen LogP contribution in [-0.2, 0) is 13.7 Å². The Labute approximate surface area is 103 Å². The Morgan fingerprint density at radius 1 is 1.50 bits per heavy atom. The minimum atomic E-state index is -1.03. The van der Waals surface area contributed by atoms with E-state index in [2.05, 4.69) is 4.98 Å². The van der Waals surface area contributed by atoms with Gasteiger partial charge in [-0.25, -0.2) is 9.78 Å². The molecule has 6 heteroatoms. The van der Waals surface area contributed by atoms with E-state index in [1.807, 2.05) is 0 Å². The summed E-state index contributed by atoms with van der Waals surface area (Å²) in [6, 6.07) is 6.36. The number of aromatic hydroxyl groups is 1. The van der Waals surface area contributed by atoms with Crippen LogP contribution in [-0.4, -0.2) is 25.7 Å². The predicted octanol–water partition coefficient (Wildman–Crippen LogP) is 1.40. The van der Waals surface area contributed by atoms with E-state index in [-0.39, 0.29) is 18.1 Å². The summed E-state index contributed by atoms with van der Waals surface area (Å²) >= 11 is 0. The fourth-order valence-corrected chi connectivity index (χ4v) is 1.50. The Morgan fingerprint density at radius 3 is 2.89 bits per heavy atom. The van der Waals surface area contributed by atoms with Gasteiger partial charge in [-0.15, -0.1) is 0 Å². The summed E-state index contributed by atoms with van der Waals surface area (Å²) in [5, 5.41) is 18.1. The monoisotopic (exact) mass is 248 g/mol. The summed E-state index contributed by atoms with van der Waals surface area (Å²) in [5.74, 6) is 0.0674. The molecule has 0 aliphatic heterocycles. The van der Waals surface area contributed by atoms with Gasteiger partial charge >= 0.3 is 5.97 Å². The molecule has 0 fully saturated rings. The number of aromatic nitrogens is 2. The smallest absolute Gasteiger partial charge is 0.354 e. The molecular formula is C12H12N2O4. The van der Waals surface area contributed by atoms with E-state index in [1.165, 1.54) is 22.9 Å². The highest BCUT2D eigenvalue weighted by atomic mass is 16.5. The first-order valence-electron chi connectivity index (χ1n) is 5.23. The van der Waals surface area contributed by atoms with Crippen molar-refractivity contribution < 1.29 is 19.7 Å². The van der Waals surface area contributed by atoms with Crippen molar-refractivity contribution in [3.8, 4) is 11.5 Å². The van der Waals surface area contributed by atoms with E-state index in [4.69, 9.17) is 9.84 Å². The summed E-state index contributed by atoms with van der Waals surface area (Å²) in [6.07, 6.45) is 1.28. The van der Waals surface area contributed by atoms with E-state index in [1.54, 1.807) is 19.2 Å². The summed E-state index contributed by atoms with van der Waals surface area (Å²) in [4.78, 5) is 14.8. The van der Waals surface area contributed by atoms with Gasteiger partial charge in [-0.1, -0.05) is 6.07 Å². The van der Waals surface area contributed by atoms with E-state index in [0.717, 1.165) is 0 Å². The first-order chi connectivity index (χ1) is 8.58. The molecule has 1 aromatic carbocycles. The number of phenolic OH excluding ortho intramolecular Hbond substituents is 1. The molecule has 6 nitrogen and oxygen atoms in total. The lowest BCUT2D eigenvalue weighted by Gasteiger charge is -2.07. The number of hydrogen-bond donors (Lipinski definition) is 2. The molecule has 1 heterocycles. The van der Waals surface area contributed by atoms with E-state index < -0.39 is 5.97 Å². The first kappa shape index (κ1) is 12.0. The minimum absolute atomic E-state index is 0.101. The molecule has 0 spiro atoms. The zero-order valence-electron chi connectivity index (χ0n) is 9.70. The van der Waals surface area contributed by atoms with Crippen molar-refractivity contribution in [1.82, 2.24) is 9.55 Å². The third-order valence-corrected chi connectivity index (χ3v) is 2.49. The SMILES string of the molecule is Cn1c(C(=O)O)cnc1COc1cccc(O)c1. The standard InChI is InChI=1S/C12H12N2O4/c1-14-10(12(16)17)6-13-11(14)7-18-9-4-2-3-8(15)5-9/h2-6,15H,7H2,1H3,(H,16,17). The van der Waals surface area contributed by atoms with Crippen molar-refractivity contribution in [3.63, 3.8) is 0 Å². The molecule has 0 bridgehead atoms. The van der Waals surface area contributed by atoms with Gasteiger partial charge in [0.25, 0.3) is 0 Å². The number of carboxylic acids is 1. The van der Waals surface area contributed by atoms with Crippen molar-refractivity contribution in [2.24, 2.45) is 7.05 Å². The molecule has 0 atom stereocenters. The molecule has 0 saturated carbocycles. The maximum absolute atomic E-state index is 10.8. The molecule has 0 amide bonds. The molecular weight excluding hydrogens is 236 g/mol. The quantitative estimate of drug-likeness (QED) is 0.854. The maximum atomic E-state index is 10.8. The summed E-state index contributed by atoms with van der Waals surface area (Å²) in [6.45, 7) is 0.132. The van der Waals surface area contributed by atoms with E-state index >= 15 is 0 Å². The maximum Gasteiger partial charge on any atom is 0.354 e. The lowest BCUT2D eigenvalue weighted by molar-refractivity contribution is 0.0686. The Balaban J connectivity index is 2.09. The third kappa shape index (κ3) is 2.42. The topological polar surface area (TPSA) is 84.6 Å². The van der Waals surface area contributed by atoms with Gasteiger partial charge in [0.2, 0.25) is 0 Å². The second-order valence-electron chi connectivity index (χ2n) is 3.71. The Hall–Kier alpha value is -2.50. The van der Waals surface area contributed by atoms with Crippen LogP contribution < -0.4 is 4.74 Å². The van der Waals surface area contributed by atoms with Crippen LogP contribution in [0.25, 0.3) is 0 Å². The summed E-state index contributed by atoms with van der Waals surface area (Å²) in [7, 11) is 1.61. The van der Waals surface area contributed by atoms with Crippen molar-refractivity contribution in [2.45, 2.75) is 6.61 Å². The van der Waals surface area contributed by atoms with Gasteiger partial charge in [0.15, 0.2) is 0 Å². The second-order valence-corrected chi connectivity index (χ2v) is 3.71. The van der Waals surface area contributed by atoms with Crippen molar-refractivity contribution in [1.29, 1.82) is 0 Å². The predicted molar refractivity (Wildman–Crippen MR) is 62.6 cm³/mol. The van der Waals surface area contributed by atoms with Crippen LogP contribution >= 0.6 is 0 Å². The third-order valence-electron chi connectivity index (χ3n) is 2.49. The molecule has 18 heavy (non-hydrogen) atoms. The molecule has 0 saturated heterocycles.